The molecule has 0 spiro atoms. The summed E-state index contributed by atoms with van der Waals surface area (Å²) in [7, 11) is 0. The van der Waals surface area contributed by atoms with E-state index >= 15 is 0 Å². The number of imidazole rings is 1. The Morgan fingerprint density at radius 1 is 1.54 bits per heavy atom. The molecule has 0 bridgehead atoms. The van der Waals surface area contributed by atoms with Crippen LogP contribution in [0.2, 0.25) is 0 Å². The normalized spacial score (nSPS) is 13.5. The molecule has 0 saturated carbocycles. The first-order chi connectivity index (χ1) is 11.6. The van der Waals surface area contributed by atoms with Crippen LogP contribution < -0.4 is 20.5 Å². The first-order valence-corrected chi connectivity index (χ1v) is 7.82. The van der Waals surface area contributed by atoms with Crippen molar-refractivity contribution < 1.29 is 5.11 Å². The molecule has 5 N–H and O–H groups in total. The Morgan fingerprint density at radius 3 is 2.96 bits per heavy atom. The van der Waals surface area contributed by atoms with E-state index in [2.05, 4.69) is 22.6 Å². The van der Waals surface area contributed by atoms with Crippen molar-refractivity contribution in [2.45, 2.75) is 6.42 Å². The first kappa shape index (κ1) is 15.6. The van der Waals surface area contributed by atoms with Crippen LogP contribution in [0.5, 0.6) is 0 Å². The van der Waals surface area contributed by atoms with Crippen molar-refractivity contribution in [3.63, 3.8) is 0 Å². The second-order valence-corrected chi connectivity index (χ2v) is 5.98. The van der Waals surface area contributed by atoms with Gasteiger partial charge in [0.1, 0.15) is 26.6 Å². The van der Waals surface area contributed by atoms with Gasteiger partial charge in [-0.15, -0.1) is 17.9 Å². The minimum absolute atomic E-state index is 0.00709. The van der Waals surface area contributed by atoms with Crippen LogP contribution in [-0.2, 0) is 0 Å². The van der Waals surface area contributed by atoms with Gasteiger partial charge in [-0.1, -0.05) is 18.2 Å². The number of aromatic amines is 1. The second-order valence-electron chi connectivity index (χ2n) is 4.98. The Balaban J connectivity index is 2.36. The van der Waals surface area contributed by atoms with Crippen molar-refractivity contribution in [1.82, 2.24) is 14.6 Å². The standard InChI is InChI=1S/C16H14N6OS/c1-2-5-12(23)13-14(18)22(19)16(24-13)9(8-17)15-20-10-6-3-4-7-11(10)21-15/h2-4,6-7,18,23H,1,5,19H2,(H,20,21)/b13-12+,16-9+,18-14?. The van der Waals surface area contributed by atoms with Crippen LogP contribution >= 0.6 is 11.3 Å². The average Bonchev–Trinajstić information content (AvgIpc) is 3.12. The van der Waals surface area contributed by atoms with E-state index in [9.17, 15) is 10.4 Å². The molecule has 0 atom stereocenters. The number of hydrogen-bond acceptors (Lipinski definition) is 6. The fraction of sp³-hybridized carbons (Fsp3) is 0.0625. The zero-order valence-corrected chi connectivity index (χ0v) is 13.4. The van der Waals surface area contributed by atoms with Crippen molar-refractivity contribution in [2.75, 3.05) is 5.84 Å². The molecule has 8 heteroatoms. The van der Waals surface area contributed by atoms with E-state index in [0.717, 1.165) is 27.0 Å². The molecule has 3 rings (SSSR count). The Bertz CT molecular complexity index is 1120. The molecule has 0 fully saturated rings. The summed E-state index contributed by atoms with van der Waals surface area (Å²) in [5, 5.41) is 27.6. The van der Waals surface area contributed by atoms with Crippen LogP contribution in [0.3, 0.4) is 0 Å². The van der Waals surface area contributed by atoms with Crippen LogP contribution in [0.15, 0.2) is 36.9 Å². The molecule has 0 radical (unpaired) electrons. The summed E-state index contributed by atoms with van der Waals surface area (Å²) in [6, 6.07) is 9.50. The number of fused-ring (bicyclic) bond motifs is 1. The van der Waals surface area contributed by atoms with Gasteiger partial charge in [0.15, 0.2) is 11.3 Å². The Kier molecular flexibility index (Phi) is 3.93. The SMILES string of the molecule is C=CC/C(O)=c1\s/c(=C(\C#N)c2nc3ccccc3[nH]2)n(N)c1=N. The molecule has 0 aliphatic rings. The Labute approximate surface area is 140 Å². The molecule has 0 aliphatic heterocycles. The van der Waals surface area contributed by atoms with Gasteiger partial charge in [0.25, 0.3) is 0 Å². The molecule has 0 unspecified atom stereocenters. The number of nitrogens with one attached hydrogen (secondary N) is 2. The van der Waals surface area contributed by atoms with Crippen molar-refractivity contribution in [2.24, 2.45) is 0 Å². The number of nitriles is 1. The molecule has 0 aliphatic carbocycles. The zero-order chi connectivity index (χ0) is 17.3. The molecule has 1 aromatic carbocycles. The Hall–Kier alpha value is -3.31. The first-order valence-electron chi connectivity index (χ1n) is 7.01. The number of para-hydroxylation sites is 2. The summed E-state index contributed by atoms with van der Waals surface area (Å²) in [5.74, 6) is 6.28. The highest BCUT2D eigenvalue weighted by Gasteiger charge is 2.13. The number of rotatable bonds is 3. The maximum atomic E-state index is 10.0. The lowest BCUT2D eigenvalue weighted by molar-refractivity contribution is 0.489. The predicted octanol–water partition coefficient (Wildman–Crippen LogP) is 0.584. The highest BCUT2D eigenvalue weighted by atomic mass is 32.1. The summed E-state index contributed by atoms with van der Waals surface area (Å²) in [5.41, 5.74) is 1.67. The van der Waals surface area contributed by atoms with E-state index in [0.29, 0.717) is 15.0 Å². The minimum atomic E-state index is -0.0711. The fourth-order valence-electron chi connectivity index (χ4n) is 2.27. The molecule has 120 valence electrons. The van der Waals surface area contributed by atoms with E-state index in [1.54, 1.807) is 0 Å². The van der Waals surface area contributed by atoms with E-state index in [1.807, 2.05) is 24.3 Å². The van der Waals surface area contributed by atoms with Crippen LogP contribution in [0, 0.1) is 16.7 Å². The number of thiazole rings is 1. The molecule has 7 nitrogen and oxygen atoms in total. The molecule has 0 saturated heterocycles. The molecular weight excluding hydrogens is 324 g/mol. The van der Waals surface area contributed by atoms with Crippen LogP contribution in [0.4, 0.5) is 0 Å². The van der Waals surface area contributed by atoms with Crippen molar-refractivity contribution in [1.29, 1.82) is 10.7 Å². The zero-order valence-electron chi connectivity index (χ0n) is 12.6. The lowest BCUT2D eigenvalue weighted by Crippen LogP contribution is -2.38. The summed E-state index contributed by atoms with van der Waals surface area (Å²) in [6.45, 7) is 3.56. The molecule has 0 amide bonds. The molecule has 2 heterocycles. The van der Waals surface area contributed by atoms with Crippen LogP contribution in [0.25, 0.3) is 22.4 Å². The number of aliphatic hydroxyl groups excluding tert-OH is 1. The monoisotopic (exact) mass is 338 g/mol. The summed E-state index contributed by atoms with van der Waals surface area (Å²) < 4.78 is 1.72. The number of aromatic nitrogens is 3. The third kappa shape index (κ3) is 2.47. The number of benzene rings is 1. The maximum absolute atomic E-state index is 10.0. The van der Waals surface area contributed by atoms with Crippen molar-refractivity contribution in [3.05, 3.63) is 57.4 Å². The van der Waals surface area contributed by atoms with Gasteiger partial charge in [0, 0.05) is 6.42 Å². The van der Waals surface area contributed by atoms with Crippen molar-refractivity contribution >= 4 is 33.7 Å². The van der Waals surface area contributed by atoms with Gasteiger partial charge < -0.3 is 15.9 Å². The molecule has 2 aromatic heterocycles. The van der Waals surface area contributed by atoms with Gasteiger partial charge >= 0.3 is 0 Å². The van der Waals surface area contributed by atoms with E-state index < -0.39 is 0 Å². The number of nitrogens with two attached hydrogens (primary N) is 1. The van der Waals surface area contributed by atoms with Gasteiger partial charge in [0.05, 0.1) is 11.0 Å². The molecule has 24 heavy (non-hydrogen) atoms. The van der Waals surface area contributed by atoms with E-state index in [-0.39, 0.29) is 23.2 Å². The third-order valence-corrected chi connectivity index (χ3v) is 4.65. The van der Waals surface area contributed by atoms with Gasteiger partial charge in [-0.2, -0.15) is 5.26 Å². The number of nitrogens with zero attached hydrogens (tertiary/aromatic N) is 3. The number of H-pyrrole nitrogens is 1. The van der Waals surface area contributed by atoms with Gasteiger partial charge in [-0.25, -0.2) is 9.66 Å². The number of hydrogen-bond donors (Lipinski definition) is 4. The topological polar surface area (TPSA) is 128 Å². The fourth-order valence-corrected chi connectivity index (χ4v) is 3.30. The van der Waals surface area contributed by atoms with Gasteiger partial charge in [0.2, 0.25) is 0 Å². The van der Waals surface area contributed by atoms with Crippen LogP contribution in [0.1, 0.15) is 12.2 Å². The summed E-state index contributed by atoms with van der Waals surface area (Å²) >= 11 is 1.07. The van der Waals surface area contributed by atoms with Crippen LogP contribution in [-0.4, -0.2) is 19.8 Å². The lowest BCUT2D eigenvalue weighted by Gasteiger charge is -1.94. The minimum Gasteiger partial charge on any atom is -0.510 e. The highest BCUT2D eigenvalue weighted by molar-refractivity contribution is 7.07. The number of nitrogen functional groups attached to an aromatic ring is 1. The largest absolute Gasteiger partial charge is 0.510 e. The highest BCUT2D eigenvalue weighted by Crippen LogP contribution is 2.14. The summed E-state index contributed by atoms with van der Waals surface area (Å²) in [4.78, 5) is 7.47. The third-order valence-electron chi connectivity index (χ3n) is 3.43. The Morgan fingerprint density at radius 2 is 2.29 bits per heavy atom. The molecule has 3 aromatic rings. The van der Waals surface area contributed by atoms with Gasteiger partial charge in [-0.05, 0) is 12.1 Å². The summed E-state index contributed by atoms with van der Waals surface area (Å²) in [6.07, 6.45) is 1.75. The van der Waals surface area contributed by atoms with Gasteiger partial charge in [-0.3, -0.25) is 5.41 Å². The smallest absolute Gasteiger partial charge is 0.165 e. The maximum Gasteiger partial charge on any atom is 0.165 e. The quantitative estimate of drug-likeness (QED) is 0.411. The predicted molar refractivity (Wildman–Crippen MR) is 92.6 cm³/mol. The van der Waals surface area contributed by atoms with E-state index in [1.165, 1.54) is 6.08 Å². The van der Waals surface area contributed by atoms with E-state index in [4.69, 9.17) is 11.3 Å². The number of aliphatic hydroxyl groups is 1. The molecular formula is C16H14N6OS. The lowest BCUT2D eigenvalue weighted by atomic mass is 10.3. The second kappa shape index (κ2) is 6.06. The van der Waals surface area contributed by atoms with Crippen molar-refractivity contribution in [3.8, 4) is 6.07 Å². The average molecular weight is 338 g/mol.